The van der Waals surface area contributed by atoms with Crippen molar-refractivity contribution in [2.75, 3.05) is 0 Å². The summed E-state index contributed by atoms with van der Waals surface area (Å²) in [6.07, 6.45) is 3.24. The van der Waals surface area contributed by atoms with Crippen LogP contribution in [0.1, 0.15) is 0 Å². The van der Waals surface area contributed by atoms with E-state index in [0.717, 1.165) is 6.08 Å². The summed E-state index contributed by atoms with van der Waals surface area (Å²) in [5, 5.41) is 15.3. The van der Waals surface area contributed by atoms with E-state index >= 15 is 0 Å². The quantitative estimate of drug-likeness (QED) is 0.403. The van der Waals surface area contributed by atoms with E-state index in [1.165, 1.54) is 12.3 Å². The maximum atomic E-state index is 9.25. The lowest BCUT2D eigenvalue weighted by atomic mass is 10.7. The predicted octanol–water partition coefficient (Wildman–Crippen LogP) is 0.239. The largest absolute Gasteiger partial charge is 0.478 e. The van der Waals surface area contributed by atoms with Gasteiger partial charge in [-0.3, -0.25) is 0 Å². The van der Waals surface area contributed by atoms with Gasteiger partial charge in [-0.1, -0.05) is 6.58 Å². The van der Waals surface area contributed by atoms with Crippen LogP contribution in [0.5, 0.6) is 0 Å². The molecule has 0 saturated carbocycles. The van der Waals surface area contributed by atoms with Crippen molar-refractivity contribution in [2.45, 2.75) is 0 Å². The van der Waals surface area contributed by atoms with Crippen LogP contribution in [0.4, 0.5) is 0 Å². The Hall–Kier alpha value is -1.76. The normalized spacial score (nSPS) is 7.10. The lowest BCUT2D eigenvalue weighted by Crippen LogP contribution is -1.82. The van der Waals surface area contributed by atoms with Crippen LogP contribution in [0.2, 0.25) is 0 Å². The van der Waals surface area contributed by atoms with Gasteiger partial charge in [0, 0.05) is 18.4 Å². The summed E-state index contributed by atoms with van der Waals surface area (Å²) in [6, 6.07) is 1.71. The number of carbonyl (C=O) groups is 1. The SMILES string of the molecule is C=CC(=O)O.N#C/C=C/N. The summed E-state index contributed by atoms with van der Waals surface area (Å²) in [4.78, 5) is 9.25. The van der Waals surface area contributed by atoms with Crippen LogP contribution < -0.4 is 5.73 Å². The van der Waals surface area contributed by atoms with E-state index in [-0.39, 0.29) is 0 Å². The van der Waals surface area contributed by atoms with Crippen LogP contribution in [0.15, 0.2) is 24.9 Å². The van der Waals surface area contributed by atoms with E-state index in [9.17, 15) is 4.79 Å². The molecule has 0 aliphatic carbocycles. The van der Waals surface area contributed by atoms with Gasteiger partial charge in [-0.15, -0.1) is 0 Å². The fourth-order valence-corrected chi connectivity index (χ4v) is 0.0430. The Bertz CT molecular complexity index is 167. The Balaban J connectivity index is 0. The Morgan fingerprint density at radius 1 is 1.80 bits per heavy atom. The summed E-state index contributed by atoms with van der Waals surface area (Å²) < 4.78 is 0. The number of allylic oxidation sites excluding steroid dienone is 1. The summed E-state index contributed by atoms with van der Waals surface area (Å²) >= 11 is 0. The second-order valence-corrected chi connectivity index (χ2v) is 1.03. The van der Waals surface area contributed by atoms with Gasteiger partial charge in [-0.2, -0.15) is 5.26 Å². The van der Waals surface area contributed by atoms with E-state index < -0.39 is 5.97 Å². The molecule has 0 atom stereocenters. The molecule has 0 spiro atoms. The molecule has 4 heteroatoms. The third-order valence-electron chi connectivity index (χ3n) is 0.345. The average Bonchev–Trinajstić information content (AvgIpc) is 1.91. The highest BCUT2D eigenvalue weighted by Gasteiger charge is 1.73. The van der Waals surface area contributed by atoms with Crippen LogP contribution >= 0.6 is 0 Å². The van der Waals surface area contributed by atoms with Crippen molar-refractivity contribution in [1.29, 1.82) is 5.26 Å². The van der Waals surface area contributed by atoms with Crippen molar-refractivity contribution in [2.24, 2.45) is 5.73 Å². The number of nitrogens with two attached hydrogens (primary N) is 1. The lowest BCUT2D eigenvalue weighted by molar-refractivity contribution is -0.131. The molecule has 10 heavy (non-hydrogen) atoms. The Morgan fingerprint density at radius 3 is 2.20 bits per heavy atom. The van der Waals surface area contributed by atoms with Crippen LogP contribution in [0.3, 0.4) is 0 Å². The molecular formula is C6H8N2O2. The van der Waals surface area contributed by atoms with E-state index in [2.05, 4.69) is 6.58 Å². The minimum absolute atomic E-state index is 0.833. The molecule has 54 valence electrons. The Kier molecular flexibility index (Phi) is 11.4. The topological polar surface area (TPSA) is 87.1 Å². The van der Waals surface area contributed by atoms with Gasteiger partial charge in [-0.25, -0.2) is 4.79 Å². The van der Waals surface area contributed by atoms with Crippen molar-refractivity contribution in [3.8, 4) is 6.07 Å². The molecule has 0 radical (unpaired) electrons. The number of carboxylic acids is 1. The third-order valence-corrected chi connectivity index (χ3v) is 0.345. The van der Waals surface area contributed by atoms with E-state index in [1.54, 1.807) is 6.07 Å². The van der Waals surface area contributed by atoms with E-state index in [1.807, 2.05) is 0 Å². The lowest BCUT2D eigenvalue weighted by Gasteiger charge is -1.64. The number of rotatable bonds is 1. The van der Waals surface area contributed by atoms with Crippen molar-refractivity contribution in [3.63, 3.8) is 0 Å². The highest BCUT2D eigenvalue weighted by atomic mass is 16.4. The maximum absolute atomic E-state index is 9.25. The zero-order chi connectivity index (χ0) is 8.41. The monoisotopic (exact) mass is 140 g/mol. The summed E-state index contributed by atoms with van der Waals surface area (Å²) in [6.45, 7) is 2.96. The molecule has 0 aromatic carbocycles. The molecule has 0 fully saturated rings. The third kappa shape index (κ3) is 34.1. The van der Waals surface area contributed by atoms with Crippen LogP contribution in [-0.4, -0.2) is 11.1 Å². The van der Waals surface area contributed by atoms with E-state index in [4.69, 9.17) is 16.1 Å². The second kappa shape index (κ2) is 10.3. The molecule has 0 rings (SSSR count). The van der Waals surface area contributed by atoms with Gasteiger partial charge in [0.05, 0.1) is 6.07 Å². The van der Waals surface area contributed by atoms with Crippen molar-refractivity contribution >= 4 is 5.97 Å². The summed E-state index contributed by atoms with van der Waals surface area (Å²) in [5.74, 6) is -0.981. The predicted molar refractivity (Wildman–Crippen MR) is 36.8 cm³/mol. The van der Waals surface area contributed by atoms with Gasteiger partial charge in [0.1, 0.15) is 0 Å². The first-order chi connectivity index (χ1) is 4.68. The number of nitriles is 1. The van der Waals surface area contributed by atoms with Gasteiger partial charge in [0.25, 0.3) is 0 Å². The molecule has 0 aromatic heterocycles. The fourth-order valence-electron chi connectivity index (χ4n) is 0.0430. The first kappa shape index (κ1) is 11.1. The van der Waals surface area contributed by atoms with Gasteiger partial charge in [0.2, 0.25) is 0 Å². The van der Waals surface area contributed by atoms with Gasteiger partial charge < -0.3 is 10.8 Å². The Morgan fingerprint density at radius 2 is 2.20 bits per heavy atom. The van der Waals surface area contributed by atoms with E-state index in [0.29, 0.717) is 0 Å². The molecular weight excluding hydrogens is 132 g/mol. The molecule has 3 N–H and O–H groups in total. The van der Waals surface area contributed by atoms with Gasteiger partial charge in [-0.05, 0) is 0 Å². The zero-order valence-corrected chi connectivity index (χ0v) is 5.32. The number of hydrogen-bond acceptors (Lipinski definition) is 3. The molecule has 0 aliphatic heterocycles. The average molecular weight is 140 g/mol. The van der Waals surface area contributed by atoms with Crippen LogP contribution in [0, 0.1) is 11.3 Å². The standard InChI is InChI=1S/C3H4N2.C3H4O2/c4-2-1-3-5;1-2-3(4)5/h1-2H,4H2;2H,1H2,(H,4,5)/b2-1+;. The highest BCUT2D eigenvalue weighted by molar-refractivity contribution is 5.78. The first-order valence-corrected chi connectivity index (χ1v) is 2.30. The van der Waals surface area contributed by atoms with Crippen LogP contribution in [0.25, 0.3) is 0 Å². The molecule has 0 aromatic rings. The minimum Gasteiger partial charge on any atom is -0.478 e. The van der Waals surface area contributed by atoms with Gasteiger partial charge >= 0.3 is 5.97 Å². The second-order valence-electron chi connectivity index (χ2n) is 1.03. The molecule has 0 saturated heterocycles. The van der Waals surface area contributed by atoms with Gasteiger partial charge in [0.15, 0.2) is 0 Å². The number of aliphatic carboxylic acids is 1. The molecule has 0 amide bonds. The highest BCUT2D eigenvalue weighted by Crippen LogP contribution is 1.54. The molecule has 0 bridgehead atoms. The molecule has 0 heterocycles. The fraction of sp³-hybridized carbons (Fsp3) is 0. The summed E-state index contributed by atoms with van der Waals surface area (Å²) in [7, 11) is 0. The Labute approximate surface area is 58.9 Å². The summed E-state index contributed by atoms with van der Waals surface area (Å²) in [5.41, 5.74) is 4.74. The molecule has 0 unspecified atom stereocenters. The van der Waals surface area contributed by atoms with Crippen molar-refractivity contribution in [3.05, 3.63) is 24.9 Å². The minimum atomic E-state index is -0.981. The van der Waals surface area contributed by atoms with Crippen molar-refractivity contribution < 1.29 is 9.90 Å². The maximum Gasteiger partial charge on any atom is 0.327 e. The van der Waals surface area contributed by atoms with Crippen LogP contribution in [-0.2, 0) is 4.79 Å². The molecule has 0 aliphatic rings. The van der Waals surface area contributed by atoms with Crippen molar-refractivity contribution in [1.82, 2.24) is 0 Å². The zero-order valence-electron chi connectivity index (χ0n) is 5.32. The molecule has 4 nitrogen and oxygen atoms in total. The number of nitrogens with zero attached hydrogens (tertiary/aromatic N) is 1. The number of hydrogen-bond donors (Lipinski definition) is 2. The number of carboxylic acid groups (broad SMARTS) is 1. The smallest absolute Gasteiger partial charge is 0.327 e. The first-order valence-electron chi connectivity index (χ1n) is 2.30.